The Morgan fingerprint density at radius 3 is 2.62 bits per heavy atom. The fraction of sp³-hybridized carbons (Fsp3) is 0.0625. The molecule has 5 heteroatoms. The number of aryl methyl sites for hydroxylation is 1. The summed E-state index contributed by atoms with van der Waals surface area (Å²) in [5.41, 5.74) is 3.10. The van der Waals surface area contributed by atoms with Gasteiger partial charge in [0.15, 0.2) is 5.82 Å². The van der Waals surface area contributed by atoms with Crippen molar-refractivity contribution in [2.75, 3.05) is 0 Å². The molecule has 3 aromatic heterocycles. The van der Waals surface area contributed by atoms with Crippen molar-refractivity contribution in [1.29, 1.82) is 0 Å². The minimum absolute atomic E-state index is 0.759. The zero-order valence-corrected chi connectivity index (χ0v) is 11.5. The van der Waals surface area contributed by atoms with Crippen LogP contribution < -0.4 is 0 Å². The molecule has 1 aromatic carbocycles. The van der Waals surface area contributed by atoms with E-state index in [2.05, 4.69) is 37.9 Å². The Balaban J connectivity index is 1.80. The van der Waals surface area contributed by atoms with E-state index in [9.17, 15) is 0 Å². The van der Waals surface area contributed by atoms with Gasteiger partial charge in [0.05, 0.1) is 5.69 Å². The van der Waals surface area contributed by atoms with Gasteiger partial charge in [0.1, 0.15) is 12.0 Å². The standard InChI is InChI=1S/C16H13N5/c1-20-14-5-3-2-4-12(14)10-15(20)13-6-7-16(19-18-13)21-9-8-17-11-21/h2-11H,1H3. The summed E-state index contributed by atoms with van der Waals surface area (Å²) in [5.74, 6) is 0.759. The molecule has 102 valence electrons. The maximum Gasteiger partial charge on any atom is 0.160 e. The van der Waals surface area contributed by atoms with E-state index in [4.69, 9.17) is 0 Å². The van der Waals surface area contributed by atoms with Gasteiger partial charge in [-0.05, 0) is 24.3 Å². The van der Waals surface area contributed by atoms with Gasteiger partial charge in [-0.3, -0.25) is 4.57 Å². The van der Waals surface area contributed by atoms with Crippen LogP contribution in [-0.4, -0.2) is 24.3 Å². The minimum atomic E-state index is 0.759. The van der Waals surface area contributed by atoms with E-state index in [0.717, 1.165) is 17.2 Å². The number of hydrogen-bond acceptors (Lipinski definition) is 3. The second kappa shape index (κ2) is 4.56. The molecule has 0 bridgehead atoms. The number of aromatic nitrogens is 5. The zero-order chi connectivity index (χ0) is 14.2. The second-order valence-corrected chi connectivity index (χ2v) is 4.89. The second-order valence-electron chi connectivity index (χ2n) is 4.89. The van der Waals surface area contributed by atoms with Crippen molar-refractivity contribution in [3.63, 3.8) is 0 Å². The molecule has 0 aliphatic heterocycles. The average Bonchev–Trinajstić information content (AvgIpc) is 3.17. The van der Waals surface area contributed by atoms with Crippen molar-refractivity contribution in [2.24, 2.45) is 7.05 Å². The lowest BCUT2D eigenvalue weighted by Gasteiger charge is -2.04. The topological polar surface area (TPSA) is 48.5 Å². The number of benzene rings is 1. The third-order valence-electron chi connectivity index (χ3n) is 3.63. The molecule has 0 aliphatic carbocycles. The van der Waals surface area contributed by atoms with Gasteiger partial charge in [-0.15, -0.1) is 10.2 Å². The summed E-state index contributed by atoms with van der Waals surface area (Å²) >= 11 is 0. The Hall–Kier alpha value is -2.95. The Bertz CT molecular complexity index is 888. The van der Waals surface area contributed by atoms with E-state index >= 15 is 0 Å². The van der Waals surface area contributed by atoms with Crippen LogP contribution in [0.1, 0.15) is 0 Å². The molecule has 0 amide bonds. The van der Waals surface area contributed by atoms with Crippen molar-refractivity contribution in [3.8, 4) is 17.2 Å². The molecule has 3 heterocycles. The maximum absolute atomic E-state index is 4.34. The average molecular weight is 275 g/mol. The Labute approximate surface area is 121 Å². The van der Waals surface area contributed by atoms with Crippen LogP contribution in [0.5, 0.6) is 0 Å². The summed E-state index contributed by atoms with van der Waals surface area (Å²) in [4.78, 5) is 4.01. The van der Waals surface area contributed by atoms with E-state index in [0.29, 0.717) is 0 Å². The van der Waals surface area contributed by atoms with Gasteiger partial charge < -0.3 is 4.57 Å². The Kier molecular flexibility index (Phi) is 2.57. The summed E-state index contributed by atoms with van der Waals surface area (Å²) in [6, 6.07) is 14.4. The molecule has 0 atom stereocenters. The Morgan fingerprint density at radius 1 is 1.00 bits per heavy atom. The number of para-hydroxylation sites is 1. The lowest BCUT2D eigenvalue weighted by atomic mass is 10.2. The van der Waals surface area contributed by atoms with Crippen LogP contribution in [0.2, 0.25) is 0 Å². The minimum Gasteiger partial charge on any atom is -0.342 e. The highest BCUT2D eigenvalue weighted by atomic mass is 15.2. The van der Waals surface area contributed by atoms with E-state index in [1.807, 2.05) is 42.1 Å². The number of hydrogen-bond donors (Lipinski definition) is 0. The van der Waals surface area contributed by atoms with Crippen LogP contribution in [0.15, 0.2) is 61.2 Å². The molecule has 0 radical (unpaired) electrons. The summed E-state index contributed by atoms with van der Waals surface area (Å²) in [7, 11) is 2.04. The largest absolute Gasteiger partial charge is 0.342 e. The van der Waals surface area contributed by atoms with Gasteiger partial charge in [0, 0.05) is 30.3 Å². The summed E-state index contributed by atoms with van der Waals surface area (Å²) in [6.45, 7) is 0. The number of nitrogens with zero attached hydrogens (tertiary/aromatic N) is 5. The van der Waals surface area contributed by atoms with Gasteiger partial charge in [-0.1, -0.05) is 18.2 Å². The molecular formula is C16H13N5. The van der Waals surface area contributed by atoms with Crippen LogP contribution in [0, 0.1) is 0 Å². The fourth-order valence-corrected chi connectivity index (χ4v) is 2.53. The molecule has 0 aliphatic rings. The predicted octanol–water partition coefficient (Wildman–Crippen LogP) is 2.82. The van der Waals surface area contributed by atoms with Gasteiger partial charge in [-0.25, -0.2) is 4.98 Å². The van der Waals surface area contributed by atoms with Crippen LogP contribution >= 0.6 is 0 Å². The van der Waals surface area contributed by atoms with Crippen LogP contribution in [0.3, 0.4) is 0 Å². The fourth-order valence-electron chi connectivity index (χ4n) is 2.53. The first-order chi connectivity index (χ1) is 10.3. The Morgan fingerprint density at radius 2 is 1.90 bits per heavy atom. The first-order valence-electron chi connectivity index (χ1n) is 6.70. The van der Waals surface area contributed by atoms with Crippen molar-refractivity contribution < 1.29 is 0 Å². The highest BCUT2D eigenvalue weighted by Crippen LogP contribution is 2.25. The normalized spacial score (nSPS) is 11.1. The molecule has 21 heavy (non-hydrogen) atoms. The van der Waals surface area contributed by atoms with E-state index in [-0.39, 0.29) is 0 Å². The first-order valence-corrected chi connectivity index (χ1v) is 6.70. The lowest BCUT2D eigenvalue weighted by molar-refractivity contribution is 0.900. The van der Waals surface area contributed by atoms with Gasteiger partial charge in [0.25, 0.3) is 0 Å². The first kappa shape index (κ1) is 11.8. The van der Waals surface area contributed by atoms with Crippen LogP contribution in [-0.2, 0) is 7.05 Å². The zero-order valence-electron chi connectivity index (χ0n) is 11.5. The molecule has 0 saturated heterocycles. The molecule has 0 N–H and O–H groups in total. The quantitative estimate of drug-likeness (QED) is 0.565. The smallest absolute Gasteiger partial charge is 0.160 e. The predicted molar refractivity (Wildman–Crippen MR) is 81.1 cm³/mol. The van der Waals surface area contributed by atoms with Gasteiger partial charge in [-0.2, -0.15) is 0 Å². The maximum atomic E-state index is 4.34. The lowest BCUT2D eigenvalue weighted by Crippen LogP contribution is -1.99. The molecule has 4 aromatic rings. The highest BCUT2D eigenvalue weighted by molar-refractivity contribution is 5.86. The molecule has 4 rings (SSSR count). The molecule has 0 fully saturated rings. The van der Waals surface area contributed by atoms with Gasteiger partial charge >= 0.3 is 0 Å². The highest BCUT2D eigenvalue weighted by Gasteiger charge is 2.09. The molecule has 0 saturated carbocycles. The summed E-state index contributed by atoms with van der Waals surface area (Å²) < 4.78 is 3.97. The molecule has 0 unspecified atom stereocenters. The third kappa shape index (κ3) is 1.90. The SMILES string of the molecule is Cn1c(-c2ccc(-n3ccnc3)nn2)cc2ccccc21. The monoisotopic (exact) mass is 275 g/mol. The van der Waals surface area contributed by atoms with E-state index in [1.54, 1.807) is 12.5 Å². The number of rotatable bonds is 2. The summed E-state index contributed by atoms with van der Waals surface area (Å²) in [5, 5.41) is 9.81. The number of fused-ring (bicyclic) bond motifs is 1. The molecule has 5 nitrogen and oxygen atoms in total. The summed E-state index contributed by atoms with van der Waals surface area (Å²) in [6.07, 6.45) is 5.28. The van der Waals surface area contributed by atoms with Crippen molar-refractivity contribution in [3.05, 3.63) is 61.2 Å². The van der Waals surface area contributed by atoms with Crippen molar-refractivity contribution in [2.45, 2.75) is 0 Å². The molecule has 0 spiro atoms. The van der Waals surface area contributed by atoms with Crippen molar-refractivity contribution >= 4 is 10.9 Å². The van der Waals surface area contributed by atoms with Crippen LogP contribution in [0.4, 0.5) is 0 Å². The third-order valence-corrected chi connectivity index (χ3v) is 3.63. The number of imidazole rings is 1. The van der Waals surface area contributed by atoms with Crippen LogP contribution in [0.25, 0.3) is 28.1 Å². The van der Waals surface area contributed by atoms with E-state index < -0.39 is 0 Å². The van der Waals surface area contributed by atoms with E-state index in [1.165, 1.54) is 10.9 Å². The van der Waals surface area contributed by atoms with Gasteiger partial charge in [0.2, 0.25) is 0 Å². The van der Waals surface area contributed by atoms with Crippen molar-refractivity contribution in [1.82, 2.24) is 24.3 Å². The molecular weight excluding hydrogens is 262 g/mol.